The fourth-order valence-electron chi connectivity index (χ4n) is 1.74. The quantitative estimate of drug-likeness (QED) is 0.468. The van der Waals surface area contributed by atoms with Crippen LogP contribution in [0.4, 0.5) is 0 Å². The van der Waals surface area contributed by atoms with Crippen molar-refractivity contribution in [1.82, 2.24) is 9.55 Å². The van der Waals surface area contributed by atoms with Gasteiger partial charge < -0.3 is 9.30 Å². The Hall–Kier alpha value is -2.17. The molecule has 0 N–H and O–H groups in total. The monoisotopic (exact) mass is 246 g/mol. The number of hydrogen-bond donors (Lipinski definition) is 0. The molecule has 5 nitrogen and oxygen atoms in total. The van der Waals surface area contributed by atoms with Crippen molar-refractivity contribution in [3.05, 3.63) is 30.1 Å². The number of ether oxygens (including phenoxy) is 1. The smallest absolute Gasteiger partial charge is 0.313 e. The van der Waals surface area contributed by atoms with Crippen molar-refractivity contribution >= 4 is 22.8 Å². The molecule has 0 saturated heterocycles. The van der Waals surface area contributed by atoms with Crippen LogP contribution in [0.5, 0.6) is 0 Å². The lowest BCUT2D eigenvalue weighted by atomic mass is 10.1. The maximum absolute atomic E-state index is 11.9. The highest BCUT2D eigenvalue weighted by atomic mass is 16.5. The third kappa shape index (κ3) is 2.40. The van der Waals surface area contributed by atoms with E-state index in [9.17, 15) is 9.59 Å². The summed E-state index contributed by atoms with van der Waals surface area (Å²) < 4.78 is 6.58. The van der Waals surface area contributed by atoms with Crippen LogP contribution in [-0.2, 0) is 16.6 Å². The molecule has 0 radical (unpaired) electrons. The fourth-order valence-corrected chi connectivity index (χ4v) is 1.74. The molecule has 5 heteroatoms. The predicted octanol–water partition coefficient (Wildman–Crippen LogP) is 1.71. The number of rotatable bonds is 4. The lowest BCUT2D eigenvalue weighted by Gasteiger charge is -2.02. The maximum Gasteiger partial charge on any atom is 0.313 e. The van der Waals surface area contributed by atoms with Gasteiger partial charge in [0, 0.05) is 12.6 Å². The van der Waals surface area contributed by atoms with Gasteiger partial charge in [-0.3, -0.25) is 9.59 Å². The van der Waals surface area contributed by atoms with E-state index in [4.69, 9.17) is 4.74 Å². The van der Waals surface area contributed by atoms with Crippen LogP contribution >= 0.6 is 0 Å². The Balaban J connectivity index is 2.22. The standard InChI is InChI=1S/C13H14N2O3/c1-3-18-13(17)7-12(16)9-4-5-10-11(6-9)15(2)8-14-10/h4-6,8H,3,7H2,1-2H3. The summed E-state index contributed by atoms with van der Waals surface area (Å²) in [4.78, 5) is 27.3. The first-order valence-corrected chi connectivity index (χ1v) is 5.71. The van der Waals surface area contributed by atoms with Gasteiger partial charge in [-0.2, -0.15) is 0 Å². The average molecular weight is 246 g/mol. The maximum atomic E-state index is 11.9. The number of Topliss-reactive ketones (excluding diaryl/α,β-unsaturated/α-hetero) is 1. The van der Waals surface area contributed by atoms with E-state index in [1.54, 1.807) is 31.5 Å². The SMILES string of the molecule is CCOC(=O)CC(=O)c1ccc2ncn(C)c2c1. The Morgan fingerprint density at radius 1 is 1.39 bits per heavy atom. The molecule has 0 bridgehead atoms. The Morgan fingerprint density at radius 3 is 2.89 bits per heavy atom. The topological polar surface area (TPSA) is 61.2 Å². The summed E-state index contributed by atoms with van der Waals surface area (Å²) in [6, 6.07) is 5.19. The molecule has 1 aromatic carbocycles. The predicted molar refractivity (Wildman–Crippen MR) is 66.3 cm³/mol. The number of aryl methyl sites for hydroxylation is 1. The summed E-state index contributed by atoms with van der Waals surface area (Å²) in [7, 11) is 1.86. The van der Waals surface area contributed by atoms with Crippen molar-refractivity contribution in [2.75, 3.05) is 6.61 Å². The highest BCUT2D eigenvalue weighted by molar-refractivity contribution is 6.07. The summed E-state index contributed by atoms with van der Waals surface area (Å²) >= 11 is 0. The van der Waals surface area contributed by atoms with E-state index in [2.05, 4.69) is 4.98 Å². The first-order chi connectivity index (χ1) is 8.61. The number of benzene rings is 1. The van der Waals surface area contributed by atoms with Gasteiger partial charge in [0.05, 0.1) is 24.0 Å². The molecule has 1 heterocycles. The third-order valence-electron chi connectivity index (χ3n) is 2.66. The minimum absolute atomic E-state index is 0.225. The number of hydrogen-bond acceptors (Lipinski definition) is 4. The van der Waals surface area contributed by atoms with Gasteiger partial charge in [-0.25, -0.2) is 4.98 Å². The Bertz CT molecular complexity index is 601. The Labute approximate surface area is 104 Å². The molecular formula is C13H14N2O3. The van der Waals surface area contributed by atoms with Gasteiger partial charge >= 0.3 is 5.97 Å². The number of ketones is 1. The molecule has 94 valence electrons. The van der Waals surface area contributed by atoms with Crippen molar-refractivity contribution in [2.24, 2.45) is 7.05 Å². The van der Waals surface area contributed by atoms with Gasteiger partial charge in [-0.05, 0) is 25.1 Å². The summed E-state index contributed by atoms with van der Waals surface area (Å²) in [6.07, 6.45) is 1.46. The van der Waals surface area contributed by atoms with Gasteiger partial charge in [0.15, 0.2) is 5.78 Å². The Morgan fingerprint density at radius 2 is 2.17 bits per heavy atom. The van der Waals surface area contributed by atoms with E-state index < -0.39 is 5.97 Å². The molecule has 0 fully saturated rings. The van der Waals surface area contributed by atoms with Gasteiger partial charge in [0.2, 0.25) is 0 Å². The zero-order chi connectivity index (χ0) is 13.1. The van der Waals surface area contributed by atoms with E-state index >= 15 is 0 Å². The minimum Gasteiger partial charge on any atom is -0.466 e. The normalized spacial score (nSPS) is 10.6. The van der Waals surface area contributed by atoms with Crippen LogP contribution in [0.2, 0.25) is 0 Å². The van der Waals surface area contributed by atoms with E-state index in [1.807, 2.05) is 11.6 Å². The molecule has 0 aliphatic carbocycles. The number of esters is 1. The van der Waals surface area contributed by atoms with Crippen LogP contribution in [0.15, 0.2) is 24.5 Å². The number of nitrogens with zero attached hydrogens (tertiary/aromatic N) is 2. The van der Waals surface area contributed by atoms with Crippen LogP contribution in [0.1, 0.15) is 23.7 Å². The van der Waals surface area contributed by atoms with Crippen LogP contribution in [0.25, 0.3) is 11.0 Å². The first-order valence-electron chi connectivity index (χ1n) is 5.71. The molecule has 0 atom stereocenters. The molecule has 2 rings (SSSR count). The van der Waals surface area contributed by atoms with Crippen LogP contribution in [0.3, 0.4) is 0 Å². The molecule has 18 heavy (non-hydrogen) atoms. The summed E-state index contributed by atoms with van der Waals surface area (Å²) in [5.41, 5.74) is 2.19. The number of carbonyl (C=O) groups excluding carboxylic acids is 2. The number of fused-ring (bicyclic) bond motifs is 1. The zero-order valence-corrected chi connectivity index (χ0v) is 10.3. The number of imidazole rings is 1. The molecule has 0 spiro atoms. The number of carbonyl (C=O) groups is 2. The summed E-state index contributed by atoms with van der Waals surface area (Å²) in [6.45, 7) is 2.00. The van der Waals surface area contributed by atoms with Crippen molar-refractivity contribution in [1.29, 1.82) is 0 Å². The van der Waals surface area contributed by atoms with Crippen molar-refractivity contribution in [2.45, 2.75) is 13.3 Å². The lowest BCUT2D eigenvalue weighted by Crippen LogP contribution is -2.11. The largest absolute Gasteiger partial charge is 0.466 e. The van der Waals surface area contributed by atoms with Crippen LogP contribution in [0, 0.1) is 0 Å². The van der Waals surface area contributed by atoms with Gasteiger partial charge in [0.25, 0.3) is 0 Å². The summed E-state index contributed by atoms with van der Waals surface area (Å²) in [5, 5.41) is 0. The minimum atomic E-state index is -0.493. The third-order valence-corrected chi connectivity index (χ3v) is 2.66. The van der Waals surface area contributed by atoms with E-state index in [1.165, 1.54) is 0 Å². The molecular weight excluding hydrogens is 232 g/mol. The zero-order valence-electron chi connectivity index (χ0n) is 10.3. The van der Waals surface area contributed by atoms with Gasteiger partial charge in [-0.1, -0.05) is 0 Å². The van der Waals surface area contributed by atoms with E-state index in [-0.39, 0.29) is 18.8 Å². The average Bonchev–Trinajstić information content (AvgIpc) is 2.71. The molecule has 1 aromatic heterocycles. The Kier molecular flexibility index (Phi) is 3.41. The molecule has 0 unspecified atom stereocenters. The second kappa shape index (κ2) is 5.00. The van der Waals surface area contributed by atoms with E-state index in [0.29, 0.717) is 5.56 Å². The van der Waals surface area contributed by atoms with Crippen molar-refractivity contribution < 1.29 is 14.3 Å². The number of aromatic nitrogens is 2. The summed E-state index contributed by atoms with van der Waals surface area (Å²) in [5.74, 6) is -0.732. The van der Waals surface area contributed by atoms with Gasteiger partial charge in [0.1, 0.15) is 6.42 Å². The van der Waals surface area contributed by atoms with Crippen LogP contribution < -0.4 is 0 Å². The second-order valence-electron chi connectivity index (χ2n) is 3.96. The molecule has 0 aliphatic heterocycles. The van der Waals surface area contributed by atoms with Crippen molar-refractivity contribution in [3.8, 4) is 0 Å². The first kappa shape index (κ1) is 12.3. The highest BCUT2D eigenvalue weighted by Crippen LogP contribution is 2.15. The molecule has 2 aromatic rings. The second-order valence-corrected chi connectivity index (χ2v) is 3.96. The van der Waals surface area contributed by atoms with Crippen molar-refractivity contribution in [3.63, 3.8) is 0 Å². The molecule has 0 amide bonds. The van der Waals surface area contributed by atoms with E-state index in [0.717, 1.165) is 11.0 Å². The molecule has 0 saturated carbocycles. The lowest BCUT2D eigenvalue weighted by molar-refractivity contribution is -0.141. The fraction of sp³-hybridized carbons (Fsp3) is 0.308. The van der Waals surface area contributed by atoms with Gasteiger partial charge in [-0.15, -0.1) is 0 Å². The molecule has 0 aliphatic rings. The highest BCUT2D eigenvalue weighted by Gasteiger charge is 2.13. The van der Waals surface area contributed by atoms with Crippen LogP contribution in [-0.4, -0.2) is 27.9 Å².